The van der Waals surface area contributed by atoms with Crippen LogP contribution in [0.5, 0.6) is 5.75 Å². The quantitative estimate of drug-likeness (QED) is 0.400. The van der Waals surface area contributed by atoms with Crippen molar-refractivity contribution >= 4 is 0 Å². The third-order valence-corrected chi connectivity index (χ3v) is 7.67. The van der Waals surface area contributed by atoms with Crippen LogP contribution in [0.3, 0.4) is 0 Å². The van der Waals surface area contributed by atoms with Gasteiger partial charge in [0, 0.05) is 11.1 Å². The molecule has 2 unspecified atom stereocenters. The maximum atomic E-state index is 10.9. The summed E-state index contributed by atoms with van der Waals surface area (Å²) in [4.78, 5) is 0. The van der Waals surface area contributed by atoms with Crippen LogP contribution in [0.2, 0.25) is 0 Å². The van der Waals surface area contributed by atoms with Gasteiger partial charge in [0.25, 0.3) is 0 Å². The highest BCUT2D eigenvalue weighted by molar-refractivity contribution is 5.28. The Morgan fingerprint density at radius 3 is 1.52 bits per heavy atom. The first-order valence-electron chi connectivity index (χ1n) is 13.3. The molecule has 4 heterocycles. The number of hydrogen-bond acceptors (Lipinski definition) is 12. The lowest BCUT2D eigenvalue weighted by Gasteiger charge is -2.49. The molecule has 4 aliphatic heterocycles. The van der Waals surface area contributed by atoms with Gasteiger partial charge in [-0.15, -0.1) is 0 Å². The highest BCUT2D eigenvalue weighted by atomic mass is 16.8. The van der Waals surface area contributed by atoms with Gasteiger partial charge < -0.3 is 58.3 Å². The van der Waals surface area contributed by atoms with Gasteiger partial charge in [0.15, 0.2) is 25.2 Å². The highest BCUT2D eigenvalue weighted by Gasteiger charge is 2.54. The summed E-state index contributed by atoms with van der Waals surface area (Å²) in [6.07, 6.45) is -13.4. The number of aliphatic hydroxyl groups is 4. The van der Waals surface area contributed by atoms with Crippen molar-refractivity contribution in [2.45, 2.75) is 80.9 Å². The largest absolute Gasteiger partial charge is 0.497 e. The summed E-state index contributed by atoms with van der Waals surface area (Å²) in [5.41, 5.74) is 2.57. The molecule has 4 fully saturated rings. The van der Waals surface area contributed by atoms with Gasteiger partial charge in [0.1, 0.15) is 54.6 Å². The van der Waals surface area contributed by atoms with E-state index in [0.717, 1.165) is 11.1 Å². The number of aliphatic hydroxyl groups excluding tert-OH is 4. The molecule has 12 nitrogen and oxygen atoms in total. The molecule has 4 saturated heterocycles. The lowest BCUT2D eigenvalue weighted by atomic mass is 9.96. The maximum absolute atomic E-state index is 10.9. The van der Waals surface area contributed by atoms with Gasteiger partial charge in [0.2, 0.25) is 0 Å². The zero-order valence-electron chi connectivity index (χ0n) is 22.0. The fourth-order valence-corrected chi connectivity index (χ4v) is 5.34. The molecule has 0 spiro atoms. The van der Waals surface area contributed by atoms with Crippen molar-refractivity contribution < 1.29 is 58.3 Å². The van der Waals surface area contributed by atoms with Crippen LogP contribution in [0, 0.1) is 6.92 Å². The van der Waals surface area contributed by atoms with Crippen LogP contribution in [0.15, 0.2) is 48.5 Å². The van der Waals surface area contributed by atoms with Crippen LogP contribution in [0.25, 0.3) is 0 Å². The molecule has 0 aromatic heterocycles. The Balaban J connectivity index is 1.08. The minimum atomic E-state index is -1.54. The summed E-state index contributed by atoms with van der Waals surface area (Å²) in [5, 5.41) is 43.4. The maximum Gasteiger partial charge on any atom is 0.189 e. The molecule has 4 aliphatic rings. The van der Waals surface area contributed by atoms with E-state index in [1.54, 1.807) is 31.4 Å². The molecule has 0 bridgehead atoms. The first-order valence-corrected chi connectivity index (χ1v) is 13.3. The first kappa shape index (κ1) is 27.9. The Hall–Kier alpha value is -2.20. The summed E-state index contributed by atoms with van der Waals surface area (Å²) >= 11 is 0. The van der Waals surface area contributed by atoms with Crippen molar-refractivity contribution in [2.75, 3.05) is 20.3 Å². The molecule has 0 saturated carbocycles. The summed E-state index contributed by atoms with van der Waals surface area (Å²) in [7, 11) is 1.57. The number of methoxy groups -OCH3 is 1. The Labute approximate surface area is 230 Å². The van der Waals surface area contributed by atoms with Crippen LogP contribution in [0.4, 0.5) is 0 Å². The molecule has 12 atom stereocenters. The zero-order chi connectivity index (χ0) is 28.0. The molecule has 12 heteroatoms. The number of ether oxygens (including phenoxy) is 8. The summed E-state index contributed by atoms with van der Waals surface area (Å²) in [6.45, 7) is 2.09. The molecule has 0 amide bonds. The zero-order valence-corrected chi connectivity index (χ0v) is 22.0. The van der Waals surface area contributed by atoms with E-state index < -0.39 is 74.0 Å². The van der Waals surface area contributed by atoms with E-state index >= 15 is 0 Å². The van der Waals surface area contributed by atoms with Crippen LogP contribution in [-0.4, -0.2) is 102 Å². The molecular formula is C28H34O12. The number of aryl methyl sites for hydroxylation is 1. The lowest BCUT2D eigenvalue weighted by molar-refractivity contribution is -0.412. The fourth-order valence-electron chi connectivity index (χ4n) is 5.34. The van der Waals surface area contributed by atoms with Crippen LogP contribution < -0.4 is 4.74 Å². The Bertz CT molecular complexity index is 1130. The number of hydrogen-bond donors (Lipinski definition) is 4. The minimum Gasteiger partial charge on any atom is -0.497 e. The highest BCUT2D eigenvalue weighted by Crippen LogP contribution is 2.38. The molecule has 218 valence electrons. The smallest absolute Gasteiger partial charge is 0.189 e. The van der Waals surface area contributed by atoms with Gasteiger partial charge in [-0.25, -0.2) is 0 Å². The van der Waals surface area contributed by atoms with Crippen LogP contribution in [0.1, 0.15) is 29.3 Å². The lowest BCUT2D eigenvalue weighted by Crippen LogP contribution is -2.66. The second-order valence-corrected chi connectivity index (χ2v) is 10.4. The van der Waals surface area contributed by atoms with Gasteiger partial charge in [-0.05, 0) is 19.1 Å². The first-order chi connectivity index (χ1) is 19.3. The standard InChI is InChI=1S/C28H34O12/c1-13-3-5-14(6-4-13)25-34-11-17-23(38-25)19(29)21(31)27(36-17)40-28-22(32)20(30)24-18(37-28)12-35-26(39-24)15-7-9-16(33-2)10-8-15/h3-10,17-32H,11-12H2,1-2H3/t17-,18-,19-,20-,21-,22-,23-,24-,25?,26?,27-,28-/m1/s1. The number of benzene rings is 2. The van der Waals surface area contributed by atoms with Crippen molar-refractivity contribution in [3.05, 3.63) is 65.2 Å². The van der Waals surface area contributed by atoms with E-state index in [-0.39, 0.29) is 13.2 Å². The normalized spacial score (nSPS) is 41.5. The van der Waals surface area contributed by atoms with E-state index in [4.69, 9.17) is 37.9 Å². The number of rotatable bonds is 5. The van der Waals surface area contributed by atoms with Gasteiger partial charge in [0.05, 0.1) is 20.3 Å². The van der Waals surface area contributed by atoms with E-state index in [0.29, 0.717) is 11.3 Å². The van der Waals surface area contributed by atoms with Crippen molar-refractivity contribution in [1.82, 2.24) is 0 Å². The van der Waals surface area contributed by atoms with Crippen LogP contribution >= 0.6 is 0 Å². The molecule has 4 N–H and O–H groups in total. The van der Waals surface area contributed by atoms with Crippen molar-refractivity contribution in [3.8, 4) is 5.75 Å². The fraction of sp³-hybridized carbons (Fsp3) is 0.571. The molecule has 2 aromatic rings. The molecule has 40 heavy (non-hydrogen) atoms. The molecule has 6 rings (SSSR count). The van der Waals surface area contributed by atoms with Gasteiger partial charge >= 0.3 is 0 Å². The topological polar surface area (TPSA) is 155 Å². The third kappa shape index (κ3) is 5.38. The van der Waals surface area contributed by atoms with Crippen molar-refractivity contribution in [2.24, 2.45) is 0 Å². The monoisotopic (exact) mass is 562 g/mol. The van der Waals surface area contributed by atoms with E-state index in [2.05, 4.69) is 0 Å². The van der Waals surface area contributed by atoms with Gasteiger partial charge in [-0.3, -0.25) is 0 Å². The van der Waals surface area contributed by atoms with E-state index in [1.165, 1.54) is 0 Å². The predicted molar refractivity (Wildman–Crippen MR) is 134 cm³/mol. The average molecular weight is 563 g/mol. The Morgan fingerprint density at radius 1 is 0.625 bits per heavy atom. The van der Waals surface area contributed by atoms with E-state index in [9.17, 15) is 20.4 Å². The van der Waals surface area contributed by atoms with Crippen LogP contribution in [-0.2, 0) is 33.2 Å². The van der Waals surface area contributed by atoms with Gasteiger partial charge in [-0.1, -0.05) is 42.0 Å². The van der Waals surface area contributed by atoms with Crippen molar-refractivity contribution in [1.29, 1.82) is 0 Å². The summed E-state index contributed by atoms with van der Waals surface area (Å²) < 4.78 is 46.1. The molecular weight excluding hydrogens is 528 g/mol. The Kier molecular flexibility index (Phi) is 8.09. The number of fused-ring (bicyclic) bond motifs is 2. The second-order valence-electron chi connectivity index (χ2n) is 10.4. The second kappa shape index (κ2) is 11.6. The minimum absolute atomic E-state index is 0.0501. The predicted octanol–water partition coefficient (Wildman–Crippen LogP) is 0.442. The average Bonchev–Trinajstić information content (AvgIpc) is 2.98. The third-order valence-electron chi connectivity index (χ3n) is 7.67. The molecule has 0 radical (unpaired) electrons. The molecule has 0 aliphatic carbocycles. The summed E-state index contributed by atoms with van der Waals surface area (Å²) in [6, 6.07) is 14.7. The van der Waals surface area contributed by atoms with Gasteiger partial charge in [-0.2, -0.15) is 0 Å². The van der Waals surface area contributed by atoms with E-state index in [1.807, 2.05) is 31.2 Å². The summed E-state index contributed by atoms with van der Waals surface area (Å²) in [5.74, 6) is 0.676. The SMILES string of the molecule is COc1ccc(C2OC[C@H]3O[C@H](O[C@H]4O[C@@H]5COC(c6ccc(C)cc6)O[C@H]5[C@H](O)[C@H]4O)[C@H](O)[C@@H](O)[C@@H]3O2)cc1. The van der Waals surface area contributed by atoms with Crippen molar-refractivity contribution in [3.63, 3.8) is 0 Å². The molecule has 2 aromatic carbocycles. The Morgan fingerprint density at radius 2 is 1.07 bits per heavy atom.